The van der Waals surface area contributed by atoms with Crippen LogP contribution >= 0.6 is 27.5 Å². The van der Waals surface area contributed by atoms with Gasteiger partial charge in [-0.3, -0.25) is 4.79 Å². The van der Waals surface area contributed by atoms with Crippen molar-refractivity contribution in [1.29, 1.82) is 0 Å². The molecule has 1 unspecified atom stereocenters. The molecule has 94 valence electrons. The van der Waals surface area contributed by atoms with Gasteiger partial charge in [0, 0.05) is 18.4 Å². The third-order valence-corrected chi connectivity index (χ3v) is 2.69. The van der Waals surface area contributed by atoms with Gasteiger partial charge in [0.2, 0.25) is 0 Å². The maximum Gasteiger partial charge on any atom is 0.256 e. The summed E-state index contributed by atoms with van der Waals surface area (Å²) in [6, 6.07) is 1.62. The van der Waals surface area contributed by atoms with Crippen molar-refractivity contribution in [2.24, 2.45) is 0 Å². The predicted molar refractivity (Wildman–Crippen MR) is 66.7 cm³/mol. The lowest BCUT2D eigenvalue weighted by atomic mass is 10.2. The van der Waals surface area contributed by atoms with Crippen molar-refractivity contribution in [1.82, 2.24) is 4.90 Å². The third kappa shape index (κ3) is 3.64. The molecular formula is C11H11BrClF2NO. The number of hydrogen-bond acceptors (Lipinski definition) is 1. The van der Waals surface area contributed by atoms with E-state index in [4.69, 9.17) is 11.6 Å². The van der Waals surface area contributed by atoms with Crippen LogP contribution in [0.1, 0.15) is 17.3 Å². The molecule has 1 aromatic carbocycles. The number of halogens is 4. The maximum atomic E-state index is 13.5. The van der Waals surface area contributed by atoms with E-state index in [1.165, 1.54) is 11.9 Å². The highest BCUT2D eigenvalue weighted by Gasteiger charge is 2.19. The van der Waals surface area contributed by atoms with E-state index in [2.05, 4.69) is 15.9 Å². The zero-order valence-corrected chi connectivity index (χ0v) is 11.6. The Labute approximate surface area is 112 Å². The highest BCUT2D eigenvalue weighted by molar-refractivity contribution is 9.09. The molecule has 0 saturated carbocycles. The highest BCUT2D eigenvalue weighted by Crippen LogP contribution is 2.20. The fraction of sp³-hybridized carbons (Fsp3) is 0.364. The van der Waals surface area contributed by atoms with Crippen LogP contribution in [0.15, 0.2) is 12.1 Å². The second-order valence-electron chi connectivity index (χ2n) is 3.71. The van der Waals surface area contributed by atoms with Gasteiger partial charge < -0.3 is 4.90 Å². The van der Waals surface area contributed by atoms with Gasteiger partial charge in [0.05, 0.1) is 10.6 Å². The van der Waals surface area contributed by atoms with E-state index in [0.29, 0.717) is 6.54 Å². The smallest absolute Gasteiger partial charge is 0.256 e. The number of carbonyl (C=O) groups is 1. The standard InChI is InChI=1S/C11H11BrClF2NO/c1-6(12)5-16(2)11(17)7-3-10(15)8(13)4-9(7)14/h3-4,6H,5H2,1-2H3. The molecule has 0 N–H and O–H groups in total. The van der Waals surface area contributed by atoms with E-state index in [9.17, 15) is 13.6 Å². The first-order chi connectivity index (χ1) is 7.82. The van der Waals surface area contributed by atoms with Crippen molar-refractivity contribution >= 4 is 33.4 Å². The van der Waals surface area contributed by atoms with E-state index in [-0.39, 0.29) is 15.4 Å². The summed E-state index contributed by atoms with van der Waals surface area (Å²) in [5.41, 5.74) is -0.317. The zero-order valence-electron chi connectivity index (χ0n) is 9.31. The fourth-order valence-corrected chi connectivity index (χ4v) is 1.94. The summed E-state index contributed by atoms with van der Waals surface area (Å²) in [6.45, 7) is 2.24. The van der Waals surface area contributed by atoms with Gasteiger partial charge in [-0.15, -0.1) is 0 Å². The van der Waals surface area contributed by atoms with E-state index in [1.54, 1.807) is 0 Å². The molecule has 2 nitrogen and oxygen atoms in total. The molecule has 0 spiro atoms. The van der Waals surface area contributed by atoms with Crippen molar-refractivity contribution in [3.05, 3.63) is 34.4 Å². The minimum Gasteiger partial charge on any atom is -0.341 e. The summed E-state index contributed by atoms with van der Waals surface area (Å²) in [5, 5.41) is -0.337. The van der Waals surface area contributed by atoms with Crippen LogP contribution < -0.4 is 0 Å². The van der Waals surface area contributed by atoms with Crippen LogP contribution in [0.2, 0.25) is 5.02 Å². The minimum atomic E-state index is -0.824. The first kappa shape index (κ1) is 14.4. The second kappa shape index (κ2) is 5.78. The molecule has 0 heterocycles. The molecule has 0 fully saturated rings. The van der Waals surface area contributed by atoms with Crippen molar-refractivity contribution in [2.75, 3.05) is 13.6 Å². The topological polar surface area (TPSA) is 20.3 Å². The third-order valence-electron chi connectivity index (χ3n) is 2.11. The largest absolute Gasteiger partial charge is 0.341 e. The number of nitrogens with zero attached hydrogens (tertiary/aromatic N) is 1. The van der Waals surface area contributed by atoms with Crippen LogP contribution in [-0.2, 0) is 0 Å². The molecule has 6 heteroatoms. The van der Waals surface area contributed by atoms with Crippen molar-refractivity contribution in [2.45, 2.75) is 11.8 Å². The molecule has 0 aromatic heterocycles. The van der Waals surface area contributed by atoms with Gasteiger partial charge >= 0.3 is 0 Å². The van der Waals surface area contributed by atoms with Crippen LogP contribution in [0, 0.1) is 11.6 Å². The van der Waals surface area contributed by atoms with Gasteiger partial charge in [-0.1, -0.05) is 34.5 Å². The van der Waals surface area contributed by atoms with E-state index in [0.717, 1.165) is 12.1 Å². The minimum absolute atomic E-state index is 0.0664. The van der Waals surface area contributed by atoms with Gasteiger partial charge in [0.1, 0.15) is 11.6 Å². The zero-order chi connectivity index (χ0) is 13.2. The number of amides is 1. The van der Waals surface area contributed by atoms with Gasteiger partial charge in [-0.05, 0) is 12.1 Å². The maximum absolute atomic E-state index is 13.5. The lowest BCUT2D eigenvalue weighted by Gasteiger charge is -2.19. The molecule has 1 atom stereocenters. The molecule has 1 aromatic rings. The predicted octanol–water partition coefficient (Wildman–Crippen LogP) is 3.47. The van der Waals surface area contributed by atoms with Crippen molar-refractivity contribution < 1.29 is 13.6 Å². The first-order valence-electron chi connectivity index (χ1n) is 4.87. The quantitative estimate of drug-likeness (QED) is 0.615. The second-order valence-corrected chi connectivity index (χ2v) is 5.68. The molecule has 17 heavy (non-hydrogen) atoms. The van der Waals surface area contributed by atoms with E-state index < -0.39 is 17.5 Å². The Morgan fingerprint density at radius 3 is 2.59 bits per heavy atom. The molecule has 1 rings (SSSR count). The van der Waals surface area contributed by atoms with Crippen LogP contribution in [-0.4, -0.2) is 29.2 Å². The molecule has 1 amide bonds. The van der Waals surface area contributed by atoms with E-state index >= 15 is 0 Å². The summed E-state index contributed by atoms with van der Waals surface area (Å²) in [4.78, 5) is 13.2. The summed E-state index contributed by atoms with van der Waals surface area (Å²) in [7, 11) is 1.52. The number of rotatable bonds is 3. The summed E-state index contributed by atoms with van der Waals surface area (Å²) in [5.74, 6) is -2.21. The number of benzene rings is 1. The normalized spacial score (nSPS) is 12.4. The van der Waals surface area contributed by atoms with Gasteiger partial charge in [-0.25, -0.2) is 8.78 Å². The van der Waals surface area contributed by atoms with Crippen LogP contribution in [0.5, 0.6) is 0 Å². The molecule has 0 saturated heterocycles. The van der Waals surface area contributed by atoms with Gasteiger partial charge in [0.15, 0.2) is 0 Å². The lowest BCUT2D eigenvalue weighted by molar-refractivity contribution is 0.0792. The average molecular weight is 327 g/mol. The fourth-order valence-electron chi connectivity index (χ4n) is 1.35. The Kier molecular flexibility index (Phi) is 4.89. The molecule has 0 aliphatic rings. The molecule has 0 radical (unpaired) electrons. The van der Waals surface area contributed by atoms with Crippen LogP contribution in [0.4, 0.5) is 8.78 Å². The Balaban J connectivity index is 3.00. The van der Waals surface area contributed by atoms with Gasteiger partial charge in [0.25, 0.3) is 5.91 Å². The van der Waals surface area contributed by atoms with E-state index in [1.807, 2.05) is 6.92 Å². The SMILES string of the molecule is CC(Br)CN(C)C(=O)c1cc(F)c(Cl)cc1F. The first-order valence-corrected chi connectivity index (χ1v) is 6.16. The Bertz CT molecular complexity index is 440. The molecule has 0 aliphatic heterocycles. The van der Waals surface area contributed by atoms with Crippen molar-refractivity contribution in [3.8, 4) is 0 Å². The Morgan fingerprint density at radius 2 is 2.06 bits per heavy atom. The Hall–Kier alpha value is -0.680. The number of hydrogen-bond donors (Lipinski definition) is 0. The number of alkyl halides is 1. The molecule has 0 bridgehead atoms. The summed E-state index contributed by atoms with van der Waals surface area (Å²) in [6.07, 6.45) is 0. The number of carbonyl (C=O) groups excluding carboxylic acids is 1. The van der Waals surface area contributed by atoms with Crippen LogP contribution in [0.3, 0.4) is 0 Å². The highest BCUT2D eigenvalue weighted by atomic mass is 79.9. The average Bonchev–Trinajstić information content (AvgIpc) is 2.21. The van der Waals surface area contributed by atoms with Crippen LogP contribution in [0.25, 0.3) is 0 Å². The Morgan fingerprint density at radius 1 is 1.47 bits per heavy atom. The van der Waals surface area contributed by atoms with Crippen molar-refractivity contribution in [3.63, 3.8) is 0 Å². The lowest BCUT2D eigenvalue weighted by Crippen LogP contribution is -2.31. The monoisotopic (exact) mass is 325 g/mol. The molecule has 0 aliphatic carbocycles. The van der Waals surface area contributed by atoms with Gasteiger partial charge in [-0.2, -0.15) is 0 Å². The summed E-state index contributed by atoms with van der Waals surface area (Å²) >= 11 is 8.68. The summed E-state index contributed by atoms with van der Waals surface area (Å²) < 4.78 is 26.6. The molecular weight excluding hydrogens is 315 g/mol.